The van der Waals surface area contributed by atoms with Gasteiger partial charge in [0.15, 0.2) is 5.96 Å². The number of hydrogen-bond acceptors (Lipinski definition) is 3. The fourth-order valence-electron chi connectivity index (χ4n) is 3.56. The van der Waals surface area contributed by atoms with Crippen LogP contribution in [0.15, 0.2) is 4.99 Å². The SMILES string of the molecule is CCCCN1CCC(NC(=NCC(=O)N(C)C)NC2CCCC2)CC1.I. The van der Waals surface area contributed by atoms with Crippen LogP contribution >= 0.6 is 24.0 Å². The summed E-state index contributed by atoms with van der Waals surface area (Å²) in [4.78, 5) is 20.6. The Kier molecular flexibility index (Phi) is 11.5. The number of guanidine groups is 1. The zero-order valence-corrected chi connectivity index (χ0v) is 19.1. The number of hydrogen-bond donors (Lipinski definition) is 2. The number of carbonyl (C=O) groups excluding carboxylic acids is 1. The lowest BCUT2D eigenvalue weighted by atomic mass is 10.0. The lowest BCUT2D eigenvalue weighted by molar-refractivity contribution is -0.127. The van der Waals surface area contributed by atoms with Gasteiger partial charge in [0.2, 0.25) is 5.91 Å². The van der Waals surface area contributed by atoms with Gasteiger partial charge in [-0.2, -0.15) is 0 Å². The van der Waals surface area contributed by atoms with Gasteiger partial charge in [0, 0.05) is 39.3 Å². The molecule has 26 heavy (non-hydrogen) atoms. The summed E-state index contributed by atoms with van der Waals surface area (Å²) in [5.74, 6) is 0.871. The van der Waals surface area contributed by atoms with E-state index in [1.54, 1.807) is 19.0 Å². The number of rotatable bonds is 7. The van der Waals surface area contributed by atoms with Crippen LogP contribution in [-0.4, -0.2) is 74.0 Å². The summed E-state index contributed by atoms with van der Waals surface area (Å²) in [6, 6.07) is 0.963. The number of likely N-dealkylation sites (tertiary alicyclic amines) is 1. The molecule has 2 N–H and O–H groups in total. The quantitative estimate of drug-likeness (QED) is 0.335. The summed E-state index contributed by atoms with van der Waals surface area (Å²) >= 11 is 0. The van der Waals surface area contributed by atoms with Crippen molar-refractivity contribution in [2.24, 2.45) is 4.99 Å². The molecule has 2 aliphatic rings. The molecule has 0 aromatic rings. The Hall–Kier alpha value is -0.570. The average molecular weight is 479 g/mol. The molecule has 6 nitrogen and oxygen atoms in total. The van der Waals surface area contributed by atoms with E-state index in [-0.39, 0.29) is 36.4 Å². The fraction of sp³-hybridized carbons (Fsp3) is 0.895. The van der Waals surface area contributed by atoms with E-state index in [0.717, 1.165) is 31.9 Å². The number of piperidine rings is 1. The summed E-state index contributed by atoms with van der Waals surface area (Å²) in [7, 11) is 3.56. The van der Waals surface area contributed by atoms with Crippen molar-refractivity contribution < 1.29 is 4.79 Å². The van der Waals surface area contributed by atoms with Gasteiger partial charge in [0.1, 0.15) is 6.54 Å². The Labute approximate surface area is 176 Å². The maximum absolute atomic E-state index is 11.9. The Bertz CT molecular complexity index is 430. The first kappa shape index (κ1) is 23.5. The van der Waals surface area contributed by atoms with Crippen LogP contribution in [0.4, 0.5) is 0 Å². The summed E-state index contributed by atoms with van der Waals surface area (Å²) in [5.41, 5.74) is 0. The Morgan fingerprint density at radius 3 is 2.19 bits per heavy atom. The first-order chi connectivity index (χ1) is 12.1. The number of unbranched alkanes of at least 4 members (excludes halogenated alkanes) is 1. The second kappa shape index (κ2) is 12.8. The third-order valence-corrected chi connectivity index (χ3v) is 5.32. The van der Waals surface area contributed by atoms with E-state index >= 15 is 0 Å². The van der Waals surface area contributed by atoms with E-state index in [2.05, 4.69) is 27.4 Å². The first-order valence-corrected chi connectivity index (χ1v) is 10.1. The van der Waals surface area contributed by atoms with Crippen LogP contribution in [0.1, 0.15) is 58.3 Å². The number of likely N-dealkylation sites (N-methyl/N-ethyl adjacent to an activating group) is 1. The third kappa shape index (κ3) is 8.41. The minimum atomic E-state index is 0. The summed E-state index contributed by atoms with van der Waals surface area (Å²) in [5, 5.41) is 7.15. The molecule has 1 aliphatic carbocycles. The zero-order chi connectivity index (χ0) is 18.1. The maximum Gasteiger partial charge on any atom is 0.243 e. The van der Waals surface area contributed by atoms with Crippen LogP contribution in [0, 0.1) is 0 Å². The molecule has 1 heterocycles. The molecule has 2 rings (SSSR count). The van der Waals surface area contributed by atoms with Crippen molar-refractivity contribution >= 4 is 35.8 Å². The largest absolute Gasteiger partial charge is 0.354 e. The van der Waals surface area contributed by atoms with Crippen molar-refractivity contribution in [3.63, 3.8) is 0 Å². The smallest absolute Gasteiger partial charge is 0.243 e. The van der Waals surface area contributed by atoms with Crippen LogP contribution in [0.25, 0.3) is 0 Å². The van der Waals surface area contributed by atoms with Crippen LogP contribution in [0.2, 0.25) is 0 Å². The molecule has 0 aromatic carbocycles. The Morgan fingerprint density at radius 1 is 1.08 bits per heavy atom. The normalized spacial score (nSPS) is 19.9. The lowest BCUT2D eigenvalue weighted by Gasteiger charge is -2.33. The van der Waals surface area contributed by atoms with E-state index in [1.807, 2.05) is 0 Å². The minimum Gasteiger partial charge on any atom is -0.354 e. The van der Waals surface area contributed by atoms with Gasteiger partial charge in [-0.15, -0.1) is 24.0 Å². The molecule has 0 aromatic heterocycles. The summed E-state index contributed by atoms with van der Waals surface area (Å²) < 4.78 is 0. The van der Waals surface area contributed by atoms with Gasteiger partial charge < -0.3 is 20.4 Å². The predicted octanol–water partition coefficient (Wildman–Crippen LogP) is 2.43. The van der Waals surface area contributed by atoms with E-state index in [0.29, 0.717) is 12.1 Å². The van der Waals surface area contributed by atoms with Crippen molar-refractivity contribution in [3.8, 4) is 0 Å². The summed E-state index contributed by atoms with van der Waals surface area (Å²) in [6.45, 7) is 6.00. The van der Waals surface area contributed by atoms with Crippen LogP contribution in [0.5, 0.6) is 0 Å². The highest BCUT2D eigenvalue weighted by molar-refractivity contribution is 14.0. The molecule has 1 saturated heterocycles. The van der Waals surface area contributed by atoms with Gasteiger partial charge in [-0.1, -0.05) is 26.2 Å². The van der Waals surface area contributed by atoms with Gasteiger partial charge >= 0.3 is 0 Å². The molecule has 2 fully saturated rings. The van der Waals surface area contributed by atoms with E-state index in [4.69, 9.17) is 0 Å². The van der Waals surface area contributed by atoms with Gasteiger partial charge in [-0.25, -0.2) is 4.99 Å². The fourth-order valence-corrected chi connectivity index (χ4v) is 3.56. The second-order valence-corrected chi connectivity index (χ2v) is 7.69. The average Bonchev–Trinajstić information content (AvgIpc) is 3.11. The molecule has 7 heteroatoms. The van der Waals surface area contributed by atoms with Gasteiger partial charge in [-0.05, 0) is 38.6 Å². The van der Waals surface area contributed by atoms with Crippen molar-refractivity contribution in [2.45, 2.75) is 70.4 Å². The number of halogens is 1. The number of nitrogens with zero attached hydrogens (tertiary/aromatic N) is 3. The summed E-state index contributed by atoms with van der Waals surface area (Å²) in [6.07, 6.45) is 9.85. The monoisotopic (exact) mass is 479 g/mol. The third-order valence-electron chi connectivity index (χ3n) is 5.32. The molecule has 152 valence electrons. The molecule has 0 atom stereocenters. The van der Waals surface area contributed by atoms with Gasteiger partial charge in [0.25, 0.3) is 0 Å². The van der Waals surface area contributed by atoms with Gasteiger partial charge in [-0.3, -0.25) is 4.79 Å². The van der Waals surface area contributed by atoms with Crippen LogP contribution < -0.4 is 10.6 Å². The minimum absolute atomic E-state index is 0. The first-order valence-electron chi connectivity index (χ1n) is 10.1. The molecule has 1 saturated carbocycles. The number of aliphatic imine (C=N–C) groups is 1. The number of nitrogens with one attached hydrogen (secondary N) is 2. The van der Waals surface area contributed by atoms with Gasteiger partial charge in [0.05, 0.1) is 0 Å². The van der Waals surface area contributed by atoms with Crippen molar-refractivity contribution in [1.29, 1.82) is 0 Å². The maximum atomic E-state index is 11.9. The van der Waals surface area contributed by atoms with Crippen molar-refractivity contribution in [3.05, 3.63) is 0 Å². The topological polar surface area (TPSA) is 60.0 Å². The highest BCUT2D eigenvalue weighted by atomic mass is 127. The molecule has 0 radical (unpaired) electrons. The lowest BCUT2D eigenvalue weighted by Crippen LogP contribution is -2.51. The second-order valence-electron chi connectivity index (χ2n) is 7.69. The van der Waals surface area contributed by atoms with Crippen molar-refractivity contribution in [2.75, 3.05) is 40.3 Å². The molecular formula is C19H38IN5O. The highest BCUT2D eigenvalue weighted by Crippen LogP contribution is 2.18. The van der Waals surface area contributed by atoms with Crippen LogP contribution in [0.3, 0.4) is 0 Å². The Balaban J connectivity index is 0.00000338. The van der Waals surface area contributed by atoms with Crippen molar-refractivity contribution in [1.82, 2.24) is 20.4 Å². The van der Waals surface area contributed by atoms with E-state index in [1.165, 1.54) is 45.1 Å². The molecule has 0 spiro atoms. The standard InChI is InChI=1S/C19H37N5O.HI/c1-4-5-12-24-13-10-17(11-14-24)22-19(20-15-18(25)23(2)3)21-16-8-6-7-9-16;/h16-17H,4-15H2,1-3H3,(H2,20,21,22);1H. The molecule has 0 unspecified atom stereocenters. The predicted molar refractivity (Wildman–Crippen MR) is 119 cm³/mol. The zero-order valence-electron chi connectivity index (χ0n) is 16.8. The Morgan fingerprint density at radius 2 is 1.65 bits per heavy atom. The highest BCUT2D eigenvalue weighted by Gasteiger charge is 2.22. The molecule has 0 bridgehead atoms. The molecule has 1 aliphatic heterocycles. The molecule has 1 amide bonds. The van der Waals surface area contributed by atoms with E-state index in [9.17, 15) is 4.79 Å². The van der Waals surface area contributed by atoms with Crippen LogP contribution in [-0.2, 0) is 4.79 Å². The number of amides is 1. The molecular weight excluding hydrogens is 441 g/mol. The van der Waals surface area contributed by atoms with E-state index < -0.39 is 0 Å². The number of carbonyl (C=O) groups is 1.